The Morgan fingerprint density at radius 2 is 1.85 bits per heavy atom. The van der Waals surface area contributed by atoms with Gasteiger partial charge in [-0.05, 0) is 61.6 Å². The zero-order chi connectivity index (χ0) is 29.2. The van der Waals surface area contributed by atoms with Crippen LogP contribution in [0.2, 0.25) is 5.02 Å². The fraction of sp³-hybridized carbons (Fsp3) is 0.412. The number of carbonyl (C=O) groups excluding carboxylic acids is 2. The minimum Gasteiger partial charge on any atom is -0.378 e. The molecule has 2 aromatic rings. The summed E-state index contributed by atoms with van der Waals surface area (Å²) in [6.07, 6.45) is 19.3. The van der Waals surface area contributed by atoms with Crippen LogP contribution in [0, 0.1) is 5.92 Å². The van der Waals surface area contributed by atoms with Crippen LogP contribution in [0.25, 0.3) is 6.08 Å². The van der Waals surface area contributed by atoms with Crippen molar-refractivity contribution in [3.63, 3.8) is 0 Å². The molecule has 1 aromatic carbocycles. The van der Waals surface area contributed by atoms with E-state index in [9.17, 15) is 9.59 Å². The number of thiophene rings is 1. The Kier molecular flexibility index (Phi) is 11.1. The predicted molar refractivity (Wildman–Crippen MR) is 172 cm³/mol. The third-order valence-corrected chi connectivity index (χ3v) is 9.44. The first kappa shape index (κ1) is 30.9. The summed E-state index contributed by atoms with van der Waals surface area (Å²) in [6.45, 7) is 7.11. The van der Waals surface area contributed by atoms with E-state index >= 15 is 0 Å². The summed E-state index contributed by atoms with van der Waals surface area (Å²) >= 11 is 7.83. The van der Waals surface area contributed by atoms with Crippen molar-refractivity contribution < 1.29 is 9.59 Å². The van der Waals surface area contributed by atoms with Crippen LogP contribution in [0.5, 0.6) is 0 Å². The van der Waals surface area contributed by atoms with Gasteiger partial charge in [0.25, 0.3) is 5.91 Å². The Labute approximate surface area is 254 Å². The number of aryl methyl sites for hydroxylation is 1. The lowest BCUT2D eigenvalue weighted by molar-refractivity contribution is -0.150. The van der Waals surface area contributed by atoms with E-state index < -0.39 is 5.54 Å². The van der Waals surface area contributed by atoms with E-state index in [0.717, 1.165) is 42.5 Å². The summed E-state index contributed by atoms with van der Waals surface area (Å²) < 4.78 is 0. The Morgan fingerprint density at radius 1 is 1.12 bits per heavy atom. The van der Waals surface area contributed by atoms with Crippen LogP contribution in [0.4, 0.5) is 0 Å². The fourth-order valence-electron chi connectivity index (χ4n) is 5.51. The molecule has 2 heterocycles. The molecule has 1 aliphatic carbocycles. The zero-order valence-corrected chi connectivity index (χ0v) is 25.9. The Morgan fingerprint density at radius 3 is 2.49 bits per heavy atom. The number of unbranched alkanes of at least 4 members (excludes halogenated alkanes) is 1. The van der Waals surface area contributed by atoms with Crippen molar-refractivity contribution in [1.29, 1.82) is 0 Å². The van der Waals surface area contributed by atoms with Crippen molar-refractivity contribution in [3.05, 3.63) is 98.9 Å². The van der Waals surface area contributed by atoms with Gasteiger partial charge in [0, 0.05) is 39.8 Å². The number of nitrogens with one attached hydrogen (secondary N) is 2. The smallest absolute Gasteiger partial charge is 0.270 e. The van der Waals surface area contributed by atoms with Crippen LogP contribution in [0.1, 0.15) is 61.8 Å². The summed E-state index contributed by atoms with van der Waals surface area (Å²) in [4.78, 5) is 33.0. The number of amides is 2. The lowest BCUT2D eigenvalue weighted by atomic mass is 9.78. The van der Waals surface area contributed by atoms with E-state index in [1.165, 1.54) is 4.88 Å². The van der Waals surface area contributed by atoms with Crippen LogP contribution in [-0.4, -0.2) is 41.4 Å². The highest BCUT2D eigenvalue weighted by molar-refractivity contribution is 7.12. The van der Waals surface area contributed by atoms with Crippen molar-refractivity contribution >= 4 is 40.8 Å². The molecule has 2 amide bonds. The molecule has 0 bridgehead atoms. The van der Waals surface area contributed by atoms with Gasteiger partial charge in [-0.15, -0.1) is 11.3 Å². The highest BCUT2D eigenvalue weighted by Gasteiger charge is 2.54. The second kappa shape index (κ2) is 14.7. The van der Waals surface area contributed by atoms with Gasteiger partial charge in [-0.3, -0.25) is 9.59 Å². The molecular weight excluding hydrogens is 550 g/mol. The molecule has 7 heteroatoms. The van der Waals surface area contributed by atoms with Crippen molar-refractivity contribution in [2.75, 3.05) is 13.1 Å². The van der Waals surface area contributed by atoms with Crippen LogP contribution in [0.3, 0.4) is 0 Å². The monoisotopic (exact) mass is 591 g/mol. The van der Waals surface area contributed by atoms with E-state index in [-0.39, 0.29) is 23.8 Å². The lowest BCUT2D eigenvalue weighted by Crippen LogP contribution is -2.72. The van der Waals surface area contributed by atoms with Gasteiger partial charge in [0.1, 0.15) is 11.2 Å². The van der Waals surface area contributed by atoms with Gasteiger partial charge < -0.3 is 15.5 Å². The molecule has 2 aliphatic rings. The van der Waals surface area contributed by atoms with Gasteiger partial charge in [-0.1, -0.05) is 93.8 Å². The van der Waals surface area contributed by atoms with Crippen molar-refractivity contribution in [1.82, 2.24) is 15.5 Å². The maximum atomic E-state index is 14.5. The molecule has 0 spiro atoms. The molecule has 2 N–H and O–H groups in total. The van der Waals surface area contributed by atoms with Gasteiger partial charge in [0.05, 0.1) is 0 Å². The van der Waals surface area contributed by atoms with E-state index in [1.54, 1.807) is 11.3 Å². The van der Waals surface area contributed by atoms with Crippen molar-refractivity contribution in [2.45, 2.75) is 70.9 Å². The Bertz CT molecular complexity index is 1290. The number of hydrogen-bond acceptors (Lipinski definition) is 4. The number of nitrogens with zero attached hydrogens (tertiary/aromatic N) is 1. The third-order valence-electron chi connectivity index (χ3n) is 8.01. The Balaban J connectivity index is 1.75. The standard InChI is InChI=1S/C34H42ClN3O2S/c1-4-7-14-28(5-2)37-33(40)34(26-12-10-8-9-11-13-26)24-36-31(23-30-20-19-29(6-3)41-30)32(39)38(34)22-21-25-15-17-27(35)18-16-25/h8-13,15-20,23,26,28,36H,4-7,14,21-22,24H2,1-3H3,(H,37,40)/b31-23-. The highest BCUT2D eigenvalue weighted by Crippen LogP contribution is 2.35. The number of halogens is 1. The van der Waals surface area contributed by atoms with Crippen LogP contribution < -0.4 is 10.6 Å². The van der Waals surface area contributed by atoms with Crippen LogP contribution in [0.15, 0.2) is 78.6 Å². The van der Waals surface area contributed by atoms with E-state index in [2.05, 4.69) is 43.5 Å². The number of benzene rings is 1. The molecular formula is C34H42ClN3O2S. The molecule has 0 saturated carbocycles. The molecule has 1 aromatic heterocycles. The minimum absolute atomic E-state index is 0.0555. The third kappa shape index (κ3) is 7.41. The molecule has 218 valence electrons. The molecule has 4 rings (SSSR count). The van der Waals surface area contributed by atoms with E-state index in [0.29, 0.717) is 30.2 Å². The molecule has 5 nitrogen and oxygen atoms in total. The molecule has 1 aliphatic heterocycles. The zero-order valence-electron chi connectivity index (χ0n) is 24.4. The maximum absolute atomic E-state index is 14.5. The first-order chi connectivity index (χ1) is 19.9. The molecule has 2 atom stereocenters. The lowest BCUT2D eigenvalue weighted by Gasteiger charge is -2.50. The molecule has 1 saturated heterocycles. The van der Waals surface area contributed by atoms with Gasteiger partial charge in [0.2, 0.25) is 5.91 Å². The normalized spacial score (nSPS) is 20.7. The molecule has 1 fully saturated rings. The summed E-state index contributed by atoms with van der Waals surface area (Å²) in [7, 11) is 0. The average Bonchev–Trinajstić information content (AvgIpc) is 3.26. The summed E-state index contributed by atoms with van der Waals surface area (Å²) in [5.74, 6) is -0.577. The Hall–Kier alpha value is -3.09. The SMILES string of the molecule is CCCCC(CC)NC(=O)C1(C2C=CC=CC=C2)CN/C(=C\c2ccc(CC)s2)C(=O)N1CCc1ccc(Cl)cc1. The largest absolute Gasteiger partial charge is 0.378 e. The van der Waals surface area contributed by atoms with Gasteiger partial charge in [-0.2, -0.15) is 0 Å². The van der Waals surface area contributed by atoms with Gasteiger partial charge >= 0.3 is 0 Å². The number of allylic oxidation sites excluding steroid dienone is 4. The summed E-state index contributed by atoms with van der Waals surface area (Å²) in [5, 5.41) is 7.45. The van der Waals surface area contributed by atoms with Crippen molar-refractivity contribution in [3.8, 4) is 0 Å². The summed E-state index contributed by atoms with van der Waals surface area (Å²) in [6, 6.07) is 11.9. The van der Waals surface area contributed by atoms with Gasteiger partial charge in [-0.25, -0.2) is 0 Å². The molecule has 41 heavy (non-hydrogen) atoms. The van der Waals surface area contributed by atoms with Gasteiger partial charge in [0.15, 0.2) is 0 Å². The van der Waals surface area contributed by atoms with E-state index in [4.69, 9.17) is 11.6 Å². The van der Waals surface area contributed by atoms with Crippen LogP contribution >= 0.6 is 22.9 Å². The van der Waals surface area contributed by atoms with Crippen LogP contribution in [-0.2, 0) is 22.4 Å². The second-order valence-corrected chi connectivity index (χ2v) is 12.4. The second-order valence-electron chi connectivity index (χ2n) is 10.7. The minimum atomic E-state index is -1.14. The first-order valence-electron chi connectivity index (χ1n) is 14.8. The fourth-order valence-corrected chi connectivity index (χ4v) is 6.53. The number of piperazine rings is 1. The number of rotatable bonds is 12. The summed E-state index contributed by atoms with van der Waals surface area (Å²) in [5.41, 5.74) is 0.449. The topological polar surface area (TPSA) is 61.4 Å². The maximum Gasteiger partial charge on any atom is 0.270 e. The average molecular weight is 592 g/mol. The molecule has 2 unspecified atom stereocenters. The van der Waals surface area contributed by atoms with E-state index in [1.807, 2.05) is 71.7 Å². The quantitative estimate of drug-likeness (QED) is 0.259. The first-order valence-corrected chi connectivity index (χ1v) is 16.0. The highest BCUT2D eigenvalue weighted by atomic mass is 35.5. The number of carbonyl (C=O) groups is 2. The predicted octanol–water partition coefficient (Wildman–Crippen LogP) is 7.10. The molecule has 0 radical (unpaired) electrons. The van der Waals surface area contributed by atoms with Crippen molar-refractivity contribution in [2.24, 2.45) is 5.92 Å². The number of hydrogen-bond donors (Lipinski definition) is 2.